The third kappa shape index (κ3) is 7.87. The normalized spacial score (nSPS) is 10.8. The quantitative estimate of drug-likeness (QED) is 0.132. The van der Waals surface area contributed by atoms with Gasteiger partial charge in [0.15, 0.2) is 5.65 Å². The van der Waals surface area contributed by atoms with Crippen molar-refractivity contribution in [1.29, 1.82) is 5.26 Å². The fraction of sp³-hybridized carbons (Fsp3) is 0.212. The monoisotopic (exact) mass is 574 g/mol. The van der Waals surface area contributed by atoms with Crippen LogP contribution in [0.4, 0.5) is 21.9 Å². The van der Waals surface area contributed by atoms with Gasteiger partial charge in [-0.15, -0.1) is 0 Å². The molecule has 0 unspecified atom stereocenters. The van der Waals surface area contributed by atoms with E-state index in [9.17, 15) is 10.1 Å². The summed E-state index contributed by atoms with van der Waals surface area (Å²) in [7, 11) is 4.10. The second kappa shape index (κ2) is 14.0. The number of aromatic amines is 1. The minimum atomic E-state index is -0.301. The topological polar surface area (TPSA) is 131 Å². The number of carbonyl (C=O) groups excluding carboxylic acids is 1. The number of para-hydroxylation sites is 1. The van der Waals surface area contributed by atoms with E-state index < -0.39 is 0 Å². The summed E-state index contributed by atoms with van der Waals surface area (Å²) in [4.78, 5) is 26.8. The summed E-state index contributed by atoms with van der Waals surface area (Å²) in [5.74, 6) is 1.48. The van der Waals surface area contributed by atoms with Gasteiger partial charge in [-0.05, 0) is 81.0 Å². The zero-order chi connectivity index (χ0) is 30.0. The largest absolute Gasteiger partial charge is 0.494 e. The number of fused-ring (bicyclic) bond motifs is 1. The van der Waals surface area contributed by atoms with Crippen molar-refractivity contribution in [2.24, 2.45) is 0 Å². The van der Waals surface area contributed by atoms with Gasteiger partial charge in [-0.3, -0.25) is 0 Å². The molecule has 0 radical (unpaired) electrons. The second-order valence-corrected chi connectivity index (χ2v) is 10.3. The molecule has 2 aromatic heterocycles. The number of H-pyrrole nitrogens is 1. The summed E-state index contributed by atoms with van der Waals surface area (Å²) < 4.78 is 5.84. The molecule has 2 heterocycles. The van der Waals surface area contributed by atoms with Crippen LogP contribution in [0.2, 0.25) is 0 Å². The number of hydrogen-bond donors (Lipinski definition) is 4. The lowest BCUT2D eigenvalue weighted by atomic mass is 10.1. The molecule has 43 heavy (non-hydrogen) atoms. The first-order chi connectivity index (χ1) is 21.0. The van der Waals surface area contributed by atoms with E-state index in [-0.39, 0.29) is 6.03 Å². The smallest absolute Gasteiger partial charge is 0.323 e. The molecule has 0 aliphatic rings. The van der Waals surface area contributed by atoms with E-state index >= 15 is 0 Å². The number of nitriles is 1. The molecule has 4 N–H and O–H groups in total. The highest BCUT2D eigenvalue weighted by atomic mass is 16.5. The van der Waals surface area contributed by atoms with Gasteiger partial charge in [0.05, 0.1) is 17.9 Å². The molecule has 0 bridgehead atoms. The fourth-order valence-electron chi connectivity index (χ4n) is 4.54. The standard InChI is InChI=1S/C33H34N8O2/c1-41(2)19-6-20-43-28-15-11-24(12-16-28)31-39-30-29(25(21-34)22-36-32(30)40-31)35-18-17-23-9-13-27(14-10-23)38-33(42)37-26-7-4-3-5-8-26/h3-5,7-16,22H,6,17-20H2,1-2H3,(H2,37,38,42)(H2,35,36,39,40). The number of ether oxygens (including phenoxy) is 1. The van der Waals surface area contributed by atoms with Crippen LogP contribution in [-0.2, 0) is 6.42 Å². The molecule has 5 rings (SSSR count). The van der Waals surface area contributed by atoms with E-state index in [1.54, 1.807) is 6.20 Å². The van der Waals surface area contributed by atoms with Crippen LogP contribution in [0.1, 0.15) is 17.5 Å². The van der Waals surface area contributed by atoms with E-state index in [0.717, 1.165) is 35.5 Å². The Morgan fingerprint density at radius 2 is 1.70 bits per heavy atom. The summed E-state index contributed by atoms with van der Waals surface area (Å²) in [6.45, 7) is 2.22. The molecule has 2 amide bonds. The minimum Gasteiger partial charge on any atom is -0.494 e. The average Bonchev–Trinajstić information content (AvgIpc) is 3.46. The molecule has 0 aliphatic heterocycles. The number of urea groups is 1. The van der Waals surface area contributed by atoms with Crippen molar-refractivity contribution in [3.63, 3.8) is 0 Å². The number of benzene rings is 3. The number of nitrogens with zero attached hydrogens (tertiary/aromatic N) is 4. The average molecular weight is 575 g/mol. The molecule has 0 spiro atoms. The maximum Gasteiger partial charge on any atom is 0.323 e. The third-order valence-corrected chi connectivity index (χ3v) is 6.75. The maximum atomic E-state index is 12.3. The Bertz CT molecular complexity index is 1690. The summed E-state index contributed by atoms with van der Waals surface area (Å²) in [5, 5.41) is 18.8. The number of carbonyl (C=O) groups is 1. The molecular weight excluding hydrogens is 540 g/mol. The summed E-state index contributed by atoms with van der Waals surface area (Å²) >= 11 is 0. The lowest BCUT2D eigenvalue weighted by Crippen LogP contribution is -2.19. The highest BCUT2D eigenvalue weighted by Gasteiger charge is 2.14. The first-order valence-corrected chi connectivity index (χ1v) is 14.1. The van der Waals surface area contributed by atoms with Crippen LogP contribution in [0.3, 0.4) is 0 Å². The van der Waals surface area contributed by atoms with E-state index in [4.69, 9.17) is 4.74 Å². The van der Waals surface area contributed by atoms with Crippen molar-refractivity contribution in [2.75, 3.05) is 49.7 Å². The van der Waals surface area contributed by atoms with Gasteiger partial charge < -0.3 is 30.6 Å². The van der Waals surface area contributed by atoms with E-state index in [0.29, 0.717) is 53.5 Å². The molecule has 5 aromatic rings. The third-order valence-electron chi connectivity index (χ3n) is 6.75. The van der Waals surface area contributed by atoms with Crippen LogP contribution in [-0.4, -0.2) is 59.7 Å². The van der Waals surface area contributed by atoms with Crippen LogP contribution >= 0.6 is 0 Å². The Labute approximate surface area is 250 Å². The van der Waals surface area contributed by atoms with Crippen molar-refractivity contribution in [2.45, 2.75) is 12.8 Å². The van der Waals surface area contributed by atoms with Crippen LogP contribution < -0.4 is 20.7 Å². The number of hydrogen-bond acceptors (Lipinski definition) is 7. The van der Waals surface area contributed by atoms with E-state index in [1.165, 1.54) is 0 Å². The van der Waals surface area contributed by atoms with Gasteiger partial charge in [0.1, 0.15) is 23.2 Å². The molecular formula is C33H34N8O2. The molecule has 0 atom stereocenters. The second-order valence-electron chi connectivity index (χ2n) is 10.3. The van der Waals surface area contributed by atoms with Crippen LogP contribution in [0.25, 0.3) is 22.6 Å². The maximum absolute atomic E-state index is 12.3. The number of amides is 2. The number of nitrogens with one attached hydrogen (secondary N) is 4. The molecule has 0 aliphatic carbocycles. The lowest BCUT2D eigenvalue weighted by molar-refractivity contribution is 0.262. The highest BCUT2D eigenvalue weighted by Crippen LogP contribution is 2.28. The zero-order valence-electron chi connectivity index (χ0n) is 24.2. The van der Waals surface area contributed by atoms with Crippen molar-refractivity contribution in [3.05, 3.63) is 96.2 Å². The van der Waals surface area contributed by atoms with Gasteiger partial charge in [0, 0.05) is 36.2 Å². The molecule has 0 saturated heterocycles. The predicted octanol–water partition coefficient (Wildman–Crippen LogP) is 6.13. The van der Waals surface area contributed by atoms with Gasteiger partial charge >= 0.3 is 6.03 Å². The van der Waals surface area contributed by atoms with E-state index in [1.807, 2.05) is 93.0 Å². The summed E-state index contributed by atoms with van der Waals surface area (Å²) in [6.07, 6.45) is 3.21. The van der Waals surface area contributed by atoms with Gasteiger partial charge in [-0.1, -0.05) is 30.3 Å². The molecule has 10 nitrogen and oxygen atoms in total. The SMILES string of the molecule is CN(C)CCCOc1ccc(-c2nc3ncc(C#N)c(NCCc4ccc(NC(=O)Nc5ccccc5)cc4)c3[nH]2)cc1. The zero-order valence-corrected chi connectivity index (χ0v) is 24.2. The minimum absolute atomic E-state index is 0.301. The fourth-order valence-corrected chi connectivity index (χ4v) is 4.54. The Balaban J connectivity index is 1.19. The number of rotatable bonds is 12. The highest BCUT2D eigenvalue weighted by molar-refractivity contribution is 5.99. The van der Waals surface area contributed by atoms with Crippen LogP contribution in [0.15, 0.2) is 85.1 Å². The van der Waals surface area contributed by atoms with Crippen molar-refractivity contribution in [3.8, 4) is 23.2 Å². The van der Waals surface area contributed by atoms with Gasteiger partial charge in [0.25, 0.3) is 0 Å². The van der Waals surface area contributed by atoms with Crippen LogP contribution in [0, 0.1) is 11.3 Å². The van der Waals surface area contributed by atoms with E-state index in [2.05, 4.69) is 41.9 Å². The van der Waals surface area contributed by atoms with Crippen molar-refractivity contribution in [1.82, 2.24) is 19.9 Å². The van der Waals surface area contributed by atoms with Gasteiger partial charge in [-0.25, -0.2) is 14.8 Å². The Morgan fingerprint density at radius 3 is 2.40 bits per heavy atom. The Kier molecular flexibility index (Phi) is 9.46. The molecule has 0 fully saturated rings. The van der Waals surface area contributed by atoms with Gasteiger partial charge in [-0.2, -0.15) is 5.26 Å². The van der Waals surface area contributed by atoms with Crippen molar-refractivity contribution < 1.29 is 9.53 Å². The Hall–Kier alpha value is -5.40. The Morgan fingerprint density at radius 1 is 0.977 bits per heavy atom. The van der Waals surface area contributed by atoms with Crippen molar-refractivity contribution >= 4 is 34.3 Å². The summed E-state index contributed by atoms with van der Waals surface area (Å²) in [6, 6.07) is 26.7. The number of imidazole rings is 1. The van der Waals surface area contributed by atoms with Crippen LogP contribution in [0.5, 0.6) is 5.75 Å². The molecule has 0 saturated carbocycles. The predicted molar refractivity (Wildman–Crippen MR) is 170 cm³/mol. The molecule has 3 aromatic carbocycles. The first-order valence-electron chi connectivity index (χ1n) is 14.1. The number of pyridine rings is 1. The number of aromatic nitrogens is 3. The number of anilines is 3. The lowest BCUT2D eigenvalue weighted by Gasteiger charge is -2.10. The molecule has 10 heteroatoms. The van der Waals surface area contributed by atoms with Gasteiger partial charge in [0.2, 0.25) is 0 Å². The summed E-state index contributed by atoms with van der Waals surface area (Å²) in [5.41, 5.74) is 5.72. The first kappa shape index (κ1) is 29.1. The molecule has 218 valence electrons.